The fraction of sp³-hybridized carbons (Fsp3) is 0.450. The van der Waals surface area contributed by atoms with Gasteiger partial charge in [0.1, 0.15) is 11.3 Å². The molecule has 1 saturated carbocycles. The van der Waals surface area contributed by atoms with Crippen LogP contribution < -0.4 is 16.1 Å². The van der Waals surface area contributed by atoms with Crippen LogP contribution in [0, 0.1) is 6.92 Å². The van der Waals surface area contributed by atoms with Crippen LogP contribution in [0.15, 0.2) is 31.9 Å². The summed E-state index contributed by atoms with van der Waals surface area (Å²) in [5, 5.41) is 4.96. The van der Waals surface area contributed by atoms with Crippen LogP contribution >= 0.6 is 12.4 Å². The summed E-state index contributed by atoms with van der Waals surface area (Å²) in [5.41, 5.74) is 7.59. The van der Waals surface area contributed by atoms with E-state index in [0.29, 0.717) is 41.5 Å². The molecule has 4 rings (SSSR count). The topological polar surface area (TPSA) is 104 Å². The number of aromatic nitrogens is 2. The van der Waals surface area contributed by atoms with Crippen molar-refractivity contribution in [2.45, 2.75) is 51.0 Å². The molecule has 150 valence electrons. The van der Waals surface area contributed by atoms with Crippen LogP contribution in [0.5, 0.6) is 5.75 Å². The molecule has 28 heavy (non-hydrogen) atoms. The molecular weight excluding hydrogens is 382 g/mol. The molecule has 1 aliphatic rings. The highest BCUT2D eigenvalue weighted by Crippen LogP contribution is 2.34. The van der Waals surface area contributed by atoms with E-state index in [1.54, 1.807) is 13.2 Å². The third kappa shape index (κ3) is 3.64. The minimum atomic E-state index is -0.474. The molecule has 0 saturated heterocycles. The summed E-state index contributed by atoms with van der Waals surface area (Å²) >= 11 is 0. The molecule has 0 aliphatic heterocycles. The van der Waals surface area contributed by atoms with Gasteiger partial charge in [-0.1, -0.05) is 18.0 Å². The zero-order chi connectivity index (χ0) is 19.0. The van der Waals surface area contributed by atoms with Crippen LogP contribution in [0.2, 0.25) is 0 Å². The van der Waals surface area contributed by atoms with Gasteiger partial charge in [0.05, 0.1) is 12.6 Å². The molecule has 2 aromatic heterocycles. The molecule has 0 unspecified atom stereocenters. The van der Waals surface area contributed by atoms with E-state index in [1.807, 2.05) is 19.1 Å². The summed E-state index contributed by atoms with van der Waals surface area (Å²) in [6.45, 7) is 1.92. The molecule has 8 heteroatoms. The van der Waals surface area contributed by atoms with Gasteiger partial charge in [-0.2, -0.15) is 4.98 Å². The van der Waals surface area contributed by atoms with Gasteiger partial charge in [0.25, 0.3) is 0 Å². The second kappa shape index (κ2) is 7.93. The number of hydrogen-bond acceptors (Lipinski definition) is 7. The number of fused-ring (bicyclic) bond motifs is 1. The molecule has 0 radical (unpaired) electrons. The summed E-state index contributed by atoms with van der Waals surface area (Å²) in [6, 6.07) is 5.48. The van der Waals surface area contributed by atoms with E-state index in [-0.39, 0.29) is 18.0 Å². The van der Waals surface area contributed by atoms with Crippen LogP contribution in [0.4, 0.5) is 0 Å². The van der Waals surface area contributed by atoms with Crippen molar-refractivity contribution in [3.63, 3.8) is 0 Å². The Morgan fingerprint density at radius 3 is 2.71 bits per heavy atom. The van der Waals surface area contributed by atoms with Crippen molar-refractivity contribution in [1.82, 2.24) is 10.1 Å². The number of rotatable bonds is 5. The van der Waals surface area contributed by atoms with E-state index in [4.69, 9.17) is 19.4 Å². The highest BCUT2D eigenvalue weighted by molar-refractivity contribution is 5.85. The summed E-state index contributed by atoms with van der Waals surface area (Å²) in [6.07, 6.45) is 4.86. The average Bonchev–Trinajstić information content (AvgIpc) is 3.31. The molecule has 2 N–H and O–H groups in total. The molecule has 1 fully saturated rings. The van der Waals surface area contributed by atoms with Crippen molar-refractivity contribution in [3.05, 3.63) is 51.5 Å². The quantitative estimate of drug-likeness (QED) is 0.648. The maximum absolute atomic E-state index is 12.4. The van der Waals surface area contributed by atoms with Gasteiger partial charge < -0.3 is 19.4 Å². The number of aryl methyl sites for hydroxylation is 2. The van der Waals surface area contributed by atoms with Gasteiger partial charge >= 0.3 is 5.63 Å². The number of hydrogen-bond donors (Lipinski definition) is 1. The standard InChI is InChI=1S/C20H23N3O4.ClH/c1-12-14-6-5-13(25-2)11-16(14)26-18(24)15(12)7-8-17-22-19(23-27-17)20(21)9-3-4-10-20;/h5-6,11H,3-4,7-10,21H2,1-2H3;1H. The monoisotopic (exact) mass is 405 g/mol. The number of ether oxygens (including phenoxy) is 1. The zero-order valence-electron chi connectivity index (χ0n) is 16.0. The Bertz CT molecular complexity index is 1040. The molecule has 0 spiro atoms. The molecule has 1 aliphatic carbocycles. The van der Waals surface area contributed by atoms with E-state index in [0.717, 1.165) is 36.6 Å². The maximum atomic E-state index is 12.4. The summed E-state index contributed by atoms with van der Waals surface area (Å²) in [5.74, 6) is 1.72. The molecule has 7 nitrogen and oxygen atoms in total. The number of nitrogens with zero attached hydrogens (tertiary/aromatic N) is 2. The smallest absolute Gasteiger partial charge is 0.339 e. The van der Waals surface area contributed by atoms with E-state index in [2.05, 4.69) is 10.1 Å². The van der Waals surface area contributed by atoms with Crippen LogP contribution in [0.1, 0.15) is 48.5 Å². The average molecular weight is 406 g/mol. The van der Waals surface area contributed by atoms with Gasteiger partial charge in [0.15, 0.2) is 5.82 Å². The third-order valence-corrected chi connectivity index (χ3v) is 5.49. The summed E-state index contributed by atoms with van der Waals surface area (Å²) < 4.78 is 16.0. The van der Waals surface area contributed by atoms with Crippen molar-refractivity contribution in [2.75, 3.05) is 7.11 Å². The third-order valence-electron chi connectivity index (χ3n) is 5.49. The van der Waals surface area contributed by atoms with E-state index in [9.17, 15) is 4.79 Å². The number of halogens is 1. The first-order chi connectivity index (χ1) is 13.0. The van der Waals surface area contributed by atoms with Crippen LogP contribution in [0.3, 0.4) is 0 Å². The van der Waals surface area contributed by atoms with Gasteiger partial charge in [0, 0.05) is 23.4 Å². The molecular formula is C20H24ClN3O4. The second-order valence-electron chi connectivity index (χ2n) is 7.23. The Morgan fingerprint density at radius 1 is 1.25 bits per heavy atom. The van der Waals surface area contributed by atoms with Crippen molar-refractivity contribution in [3.8, 4) is 5.75 Å². The molecule has 0 bridgehead atoms. The largest absolute Gasteiger partial charge is 0.497 e. The Balaban J connectivity index is 0.00000225. The molecule has 1 aromatic carbocycles. The SMILES string of the molecule is COc1ccc2c(C)c(CCc3nc(C4(N)CCCC4)no3)c(=O)oc2c1.Cl. The lowest BCUT2D eigenvalue weighted by atomic mass is 9.98. The fourth-order valence-corrected chi connectivity index (χ4v) is 3.81. The van der Waals surface area contributed by atoms with Crippen LogP contribution in [0.25, 0.3) is 11.0 Å². The summed E-state index contributed by atoms with van der Waals surface area (Å²) in [7, 11) is 1.58. The van der Waals surface area contributed by atoms with Gasteiger partial charge in [-0.25, -0.2) is 4.79 Å². The fourth-order valence-electron chi connectivity index (χ4n) is 3.81. The lowest BCUT2D eigenvalue weighted by molar-refractivity contribution is 0.348. The molecule has 0 atom stereocenters. The van der Waals surface area contributed by atoms with Crippen LogP contribution in [-0.2, 0) is 18.4 Å². The van der Waals surface area contributed by atoms with Gasteiger partial charge in [-0.15, -0.1) is 12.4 Å². The lowest BCUT2D eigenvalue weighted by Crippen LogP contribution is -2.34. The summed E-state index contributed by atoms with van der Waals surface area (Å²) in [4.78, 5) is 16.9. The van der Waals surface area contributed by atoms with E-state index in [1.165, 1.54) is 0 Å². The Hall–Kier alpha value is -2.38. The maximum Gasteiger partial charge on any atom is 0.339 e. The Kier molecular flexibility index (Phi) is 5.76. The highest BCUT2D eigenvalue weighted by Gasteiger charge is 2.35. The minimum absolute atomic E-state index is 0. The second-order valence-corrected chi connectivity index (χ2v) is 7.23. The van der Waals surface area contributed by atoms with Gasteiger partial charge in [-0.05, 0) is 43.9 Å². The van der Waals surface area contributed by atoms with Gasteiger partial charge in [0.2, 0.25) is 5.89 Å². The van der Waals surface area contributed by atoms with E-state index >= 15 is 0 Å². The van der Waals surface area contributed by atoms with E-state index < -0.39 is 5.54 Å². The minimum Gasteiger partial charge on any atom is -0.497 e. The predicted octanol–water partition coefficient (Wildman–Crippen LogP) is 3.43. The lowest BCUT2D eigenvalue weighted by Gasteiger charge is -2.17. The van der Waals surface area contributed by atoms with Crippen molar-refractivity contribution in [2.24, 2.45) is 5.73 Å². The number of benzene rings is 1. The molecule has 2 heterocycles. The first kappa shape index (κ1) is 20.4. The van der Waals surface area contributed by atoms with Crippen molar-refractivity contribution >= 4 is 23.4 Å². The zero-order valence-corrected chi connectivity index (χ0v) is 16.8. The van der Waals surface area contributed by atoms with Crippen molar-refractivity contribution < 1.29 is 13.7 Å². The normalized spacial score (nSPS) is 15.5. The first-order valence-electron chi connectivity index (χ1n) is 9.22. The Morgan fingerprint density at radius 2 is 2.00 bits per heavy atom. The van der Waals surface area contributed by atoms with Crippen LogP contribution in [-0.4, -0.2) is 17.3 Å². The number of nitrogens with two attached hydrogens (primary N) is 1. The first-order valence-corrected chi connectivity index (χ1v) is 9.22. The number of methoxy groups -OCH3 is 1. The highest BCUT2D eigenvalue weighted by atomic mass is 35.5. The molecule has 0 amide bonds. The van der Waals surface area contributed by atoms with Gasteiger partial charge in [-0.3, -0.25) is 0 Å². The Labute approximate surface area is 168 Å². The van der Waals surface area contributed by atoms with Crippen molar-refractivity contribution in [1.29, 1.82) is 0 Å². The molecule has 3 aromatic rings. The predicted molar refractivity (Wildman–Crippen MR) is 107 cm³/mol.